The number of quaternary nitrogens is 1. The Kier molecular flexibility index (Phi) is 9.21. The molecule has 0 aromatic rings. The fourth-order valence-electron chi connectivity index (χ4n) is 1.47. The molecule has 0 heterocycles. The molecule has 0 aliphatic rings. The van der Waals surface area contributed by atoms with Gasteiger partial charge >= 0.3 is 5.97 Å². The van der Waals surface area contributed by atoms with Crippen LogP contribution in [0.2, 0.25) is 0 Å². The molecule has 0 aliphatic heterocycles. The molecule has 19 heavy (non-hydrogen) atoms. The maximum absolute atomic E-state index is 12.2. The molecule has 0 fully saturated rings. The Hall–Kier alpha value is -0.680. The van der Waals surface area contributed by atoms with Crippen molar-refractivity contribution in [2.75, 3.05) is 33.8 Å². The van der Waals surface area contributed by atoms with Crippen LogP contribution >= 0.6 is 0 Å². The van der Waals surface area contributed by atoms with Crippen LogP contribution in [0, 0.1) is 5.41 Å². The second kappa shape index (κ2) is 8.48. The van der Waals surface area contributed by atoms with Crippen molar-refractivity contribution in [3.63, 3.8) is 0 Å². The maximum Gasteiger partial charge on any atom is 0.319 e. The minimum absolute atomic E-state index is 0. The molecule has 0 aromatic carbocycles. The lowest BCUT2D eigenvalue weighted by atomic mass is 9.87. The molecular formula is C14H26BrNO3. The number of ether oxygens (including phenoxy) is 1. The Balaban J connectivity index is 0. The normalized spacial score (nSPS) is 12.1. The van der Waals surface area contributed by atoms with Gasteiger partial charge in [-0.05, 0) is 33.8 Å². The maximum atomic E-state index is 12.2. The summed E-state index contributed by atoms with van der Waals surface area (Å²) in [7, 11) is 3.94. The van der Waals surface area contributed by atoms with Gasteiger partial charge in [0.25, 0.3) is 0 Å². The summed E-state index contributed by atoms with van der Waals surface area (Å²) >= 11 is 0. The molecule has 0 spiro atoms. The molecule has 4 nitrogen and oxygen atoms in total. The van der Waals surface area contributed by atoms with Gasteiger partial charge in [0.15, 0.2) is 0 Å². The van der Waals surface area contributed by atoms with Crippen molar-refractivity contribution < 1.29 is 35.8 Å². The van der Waals surface area contributed by atoms with Gasteiger partial charge in [0, 0.05) is 0 Å². The summed E-state index contributed by atoms with van der Waals surface area (Å²) in [5, 5.41) is 0. The number of hydrogen-bond donors (Lipinski definition) is 0. The summed E-state index contributed by atoms with van der Waals surface area (Å²) in [5.41, 5.74) is -1.07. The topological polar surface area (TPSA) is 43.4 Å². The van der Waals surface area contributed by atoms with E-state index in [0.29, 0.717) is 17.6 Å². The first-order valence-corrected chi connectivity index (χ1v) is 6.31. The molecule has 0 amide bonds. The number of nitrogens with zero attached hydrogens (tertiary/aromatic N) is 1. The molecule has 0 radical (unpaired) electrons. The highest BCUT2D eigenvalue weighted by Gasteiger charge is 2.40. The minimum Gasteiger partial charge on any atom is -1.00 e. The molecule has 0 unspecified atom stereocenters. The van der Waals surface area contributed by atoms with Crippen molar-refractivity contribution >= 4 is 11.8 Å². The van der Waals surface area contributed by atoms with E-state index >= 15 is 0 Å². The first kappa shape index (κ1) is 20.6. The lowest BCUT2D eigenvalue weighted by Gasteiger charge is -2.31. The molecule has 0 saturated carbocycles. The second-order valence-corrected chi connectivity index (χ2v) is 5.61. The highest BCUT2D eigenvalue weighted by atomic mass is 79.9. The van der Waals surface area contributed by atoms with Gasteiger partial charge in [-0.25, -0.2) is 0 Å². The van der Waals surface area contributed by atoms with Gasteiger partial charge in [0.05, 0.1) is 27.2 Å². The highest BCUT2D eigenvalue weighted by Crippen LogP contribution is 2.20. The summed E-state index contributed by atoms with van der Waals surface area (Å²) in [4.78, 5) is 24.0. The van der Waals surface area contributed by atoms with Gasteiger partial charge in [-0.15, -0.1) is 0 Å². The Morgan fingerprint density at radius 3 is 2.21 bits per heavy atom. The van der Waals surface area contributed by atoms with Gasteiger partial charge in [0.2, 0.25) is 5.78 Å². The fourth-order valence-corrected chi connectivity index (χ4v) is 1.47. The third-order valence-electron chi connectivity index (χ3n) is 2.89. The van der Waals surface area contributed by atoms with E-state index in [1.54, 1.807) is 20.8 Å². The number of carbonyl (C=O) groups is 2. The van der Waals surface area contributed by atoms with Crippen LogP contribution in [0.25, 0.3) is 0 Å². The van der Waals surface area contributed by atoms with E-state index in [0.717, 1.165) is 6.54 Å². The van der Waals surface area contributed by atoms with Gasteiger partial charge in [0.1, 0.15) is 12.0 Å². The Morgan fingerprint density at radius 1 is 1.26 bits per heavy atom. The number of allylic oxidation sites excluding steroid dienone is 1. The summed E-state index contributed by atoms with van der Waals surface area (Å²) in [6.45, 7) is 8.32. The van der Waals surface area contributed by atoms with E-state index in [9.17, 15) is 9.59 Å². The summed E-state index contributed by atoms with van der Waals surface area (Å²) < 4.78 is 5.48. The Labute approximate surface area is 127 Å². The molecule has 0 aromatic heterocycles. The highest BCUT2D eigenvalue weighted by molar-refractivity contribution is 6.03. The lowest BCUT2D eigenvalue weighted by molar-refractivity contribution is -0.876. The third kappa shape index (κ3) is 6.87. The molecular weight excluding hydrogens is 310 g/mol. The minimum atomic E-state index is -1.07. The number of hydrogen-bond acceptors (Lipinski definition) is 3. The van der Waals surface area contributed by atoms with E-state index in [1.807, 2.05) is 33.2 Å². The van der Waals surface area contributed by atoms with Crippen molar-refractivity contribution in [2.45, 2.75) is 27.7 Å². The van der Waals surface area contributed by atoms with Gasteiger partial charge < -0.3 is 26.2 Å². The first-order chi connectivity index (χ1) is 8.17. The van der Waals surface area contributed by atoms with Crippen LogP contribution < -0.4 is 17.0 Å². The largest absolute Gasteiger partial charge is 1.00 e. The predicted octanol–water partition coefficient (Wildman–Crippen LogP) is -1.20. The van der Waals surface area contributed by atoms with Crippen LogP contribution in [0.3, 0.4) is 0 Å². The van der Waals surface area contributed by atoms with Crippen molar-refractivity contribution in [2.24, 2.45) is 5.41 Å². The van der Waals surface area contributed by atoms with E-state index in [4.69, 9.17) is 4.74 Å². The number of rotatable bonds is 7. The smallest absolute Gasteiger partial charge is 0.319 e. The molecule has 0 N–H and O–H groups in total. The average molecular weight is 336 g/mol. The Bertz CT molecular complexity index is 336. The number of carbonyl (C=O) groups excluding carboxylic acids is 2. The molecule has 5 heteroatoms. The number of esters is 1. The summed E-state index contributed by atoms with van der Waals surface area (Å²) in [5.74, 6) is -0.531. The predicted molar refractivity (Wildman–Crippen MR) is 72.1 cm³/mol. The molecule has 112 valence electrons. The molecule has 0 aliphatic carbocycles. The third-order valence-corrected chi connectivity index (χ3v) is 2.89. The second-order valence-electron chi connectivity index (χ2n) is 5.61. The average Bonchev–Trinajstić information content (AvgIpc) is 2.26. The number of halogens is 1. The van der Waals surface area contributed by atoms with Crippen LogP contribution in [0.5, 0.6) is 0 Å². The van der Waals surface area contributed by atoms with Crippen molar-refractivity contribution in [1.29, 1.82) is 0 Å². The van der Waals surface area contributed by atoms with Crippen LogP contribution in [-0.2, 0) is 14.3 Å². The number of likely N-dealkylation sites (N-methyl/N-ethyl adjacent to an activating group) is 1. The van der Waals surface area contributed by atoms with Crippen molar-refractivity contribution in [3.8, 4) is 0 Å². The molecule has 0 atom stereocenters. The zero-order chi connectivity index (χ0) is 14.4. The van der Waals surface area contributed by atoms with Crippen LogP contribution in [-0.4, -0.2) is 50.0 Å². The van der Waals surface area contributed by atoms with Crippen molar-refractivity contribution in [1.82, 2.24) is 0 Å². The van der Waals surface area contributed by atoms with Crippen LogP contribution in [0.4, 0.5) is 0 Å². The molecule has 0 saturated heterocycles. The first-order valence-electron chi connectivity index (χ1n) is 6.31. The van der Waals surface area contributed by atoms with Crippen molar-refractivity contribution in [3.05, 3.63) is 12.2 Å². The van der Waals surface area contributed by atoms with Gasteiger partial charge in [-0.2, -0.15) is 0 Å². The van der Waals surface area contributed by atoms with E-state index < -0.39 is 11.4 Å². The van der Waals surface area contributed by atoms with Gasteiger partial charge in [-0.3, -0.25) is 9.59 Å². The standard InChI is InChI=1S/C14H26NO3.BrH/c1-7-9-10-15(5,6)11-12(16)14(3,4)13(17)18-8-2;/h7,9H,8,10-11H2,1-6H3;1H/q+1;/p-1/b9-7+;. The van der Waals surface area contributed by atoms with Gasteiger partial charge in [-0.1, -0.05) is 6.08 Å². The zero-order valence-corrected chi connectivity index (χ0v) is 14.4. The zero-order valence-electron chi connectivity index (χ0n) is 12.8. The summed E-state index contributed by atoms with van der Waals surface area (Å²) in [6.07, 6.45) is 3.98. The Morgan fingerprint density at radius 2 is 1.79 bits per heavy atom. The van der Waals surface area contributed by atoms with Crippen LogP contribution in [0.15, 0.2) is 12.2 Å². The van der Waals surface area contributed by atoms with E-state index in [1.165, 1.54) is 0 Å². The van der Waals surface area contributed by atoms with E-state index in [-0.39, 0.29) is 22.8 Å². The lowest BCUT2D eigenvalue weighted by Crippen LogP contribution is -3.00. The fraction of sp³-hybridized carbons (Fsp3) is 0.714. The van der Waals surface area contributed by atoms with E-state index in [2.05, 4.69) is 0 Å². The molecule has 0 rings (SSSR count). The number of Topliss-reactive ketones (excluding diaryl/α,β-unsaturated/α-hetero) is 1. The summed E-state index contributed by atoms with van der Waals surface area (Å²) in [6, 6.07) is 0. The molecule has 0 bridgehead atoms. The number of ketones is 1. The SMILES string of the molecule is C/C=C/C[N+](C)(C)CC(=O)C(C)(C)C(=O)OCC.[Br-]. The quantitative estimate of drug-likeness (QED) is 0.254. The van der Waals surface area contributed by atoms with Crippen LogP contribution in [0.1, 0.15) is 27.7 Å². The monoisotopic (exact) mass is 335 g/mol.